The number of benzene rings is 1. The minimum atomic E-state index is -3.96. The maximum atomic E-state index is 12.9. The number of anilines is 1. The van der Waals surface area contributed by atoms with Gasteiger partial charge < -0.3 is 5.73 Å². The molecule has 20 heavy (non-hydrogen) atoms. The maximum absolute atomic E-state index is 12.9. The first kappa shape index (κ1) is 15.2. The smallest absolute Gasteiger partial charge is 0.242 e. The van der Waals surface area contributed by atoms with Crippen molar-refractivity contribution in [2.75, 3.05) is 17.2 Å². The van der Waals surface area contributed by atoms with Crippen LogP contribution in [-0.4, -0.2) is 34.4 Å². The molecule has 1 atom stereocenters. The molecule has 0 bridgehead atoms. The number of nitrogen functional groups attached to an aromatic ring is 1. The first-order chi connectivity index (χ1) is 9.20. The minimum absolute atomic E-state index is 0.0733. The minimum Gasteiger partial charge on any atom is -0.398 e. The number of sulfone groups is 1. The number of hydrogen-bond acceptors (Lipinski definition) is 5. The molecular formula is C11H15FN2O4S2. The number of hydrogen-bond donors (Lipinski definition) is 2. The normalized spacial score (nSPS) is 22.6. The van der Waals surface area contributed by atoms with E-state index in [4.69, 9.17) is 5.73 Å². The van der Waals surface area contributed by atoms with E-state index in [-0.39, 0.29) is 22.1 Å². The Morgan fingerprint density at radius 1 is 1.35 bits per heavy atom. The molecule has 1 aromatic rings. The molecule has 1 unspecified atom stereocenters. The lowest BCUT2D eigenvalue weighted by atomic mass is 10.2. The summed E-state index contributed by atoms with van der Waals surface area (Å²) < 4.78 is 62.5. The average molecular weight is 322 g/mol. The van der Waals surface area contributed by atoms with Gasteiger partial charge in [-0.2, -0.15) is 0 Å². The second-order valence-corrected chi connectivity index (χ2v) is 8.67. The van der Waals surface area contributed by atoms with Crippen molar-refractivity contribution in [2.45, 2.75) is 23.8 Å². The molecule has 1 aliphatic heterocycles. The van der Waals surface area contributed by atoms with Gasteiger partial charge in [0.05, 0.1) is 17.2 Å². The van der Waals surface area contributed by atoms with E-state index in [9.17, 15) is 21.2 Å². The van der Waals surface area contributed by atoms with Crippen LogP contribution >= 0.6 is 0 Å². The predicted octanol–water partition coefficient (Wildman–Crippen LogP) is 0.263. The van der Waals surface area contributed by atoms with Crippen molar-refractivity contribution in [3.63, 3.8) is 0 Å². The quantitative estimate of drug-likeness (QED) is 0.777. The summed E-state index contributed by atoms with van der Waals surface area (Å²) >= 11 is 0. The van der Waals surface area contributed by atoms with Crippen LogP contribution in [0.3, 0.4) is 0 Å². The van der Waals surface area contributed by atoms with Crippen LogP contribution in [-0.2, 0) is 19.9 Å². The molecular weight excluding hydrogens is 307 g/mol. The fourth-order valence-corrected chi connectivity index (χ4v) is 5.29. The molecule has 6 nitrogen and oxygen atoms in total. The van der Waals surface area contributed by atoms with Gasteiger partial charge in [-0.05, 0) is 31.0 Å². The van der Waals surface area contributed by atoms with E-state index in [1.165, 1.54) is 0 Å². The van der Waals surface area contributed by atoms with Crippen LogP contribution in [0.4, 0.5) is 10.1 Å². The first-order valence-electron chi connectivity index (χ1n) is 5.97. The van der Waals surface area contributed by atoms with Crippen LogP contribution in [0.5, 0.6) is 0 Å². The zero-order valence-corrected chi connectivity index (χ0v) is 12.2. The van der Waals surface area contributed by atoms with Crippen molar-refractivity contribution in [3.8, 4) is 0 Å². The van der Waals surface area contributed by atoms with Gasteiger partial charge in [-0.15, -0.1) is 0 Å². The highest BCUT2D eigenvalue weighted by Gasteiger charge is 2.29. The average Bonchev–Trinajstić information content (AvgIpc) is 2.25. The Kier molecular flexibility index (Phi) is 4.03. The summed E-state index contributed by atoms with van der Waals surface area (Å²) in [4.78, 5) is -0.248. The van der Waals surface area contributed by atoms with Crippen molar-refractivity contribution in [1.29, 1.82) is 0 Å². The number of nitrogens with two attached hydrogens (primary N) is 1. The van der Waals surface area contributed by atoms with Crippen LogP contribution in [0.1, 0.15) is 12.8 Å². The van der Waals surface area contributed by atoms with E-state index >= 15 is 0 Å². The van der Waals surface area contributed by atoms with Gasteiger partial charge in [0.2, 0.25) is 10.0 Å². The van der Waals surface area contributed by atoms with E-state index in [0.717, 1.165) is 18.2 Å². The number of sulfonamides is 1. The molecule has 112 valence electrons. The molecule has 9 heteroatoms. The molecule has 0 spiro atoms. The summed E-state index contributed by atoms with van der Waals surface area (Å²) in [6, 6.07) is 2.28. The molecule has 0 aromatic heterocycles. The lowest BCUT2D eigenvalue weighted by Crippen LogP contribution is -2.43. The first-order valence-corrected chi connectivity index (χ1v) is 9.28. The van der Waals surface area contributed by atoms with Crippen molar-refractivity contribution in [2.24, 2.45) is 0 Å². The standard InChI is InChI=1S/C11H15FN2O4S2/c12-8-3-4-11(10(13)6-8)20(17,18)14-9-2-1-5-19(15,16)7-9/h3-4,6,9,14H,1-2,5,7,13H2. The molecule has 2 rings (SSSR count). The zero-order valence-electron chi connectivity index (χ0n) is 10.5. The Balaban J connectivity index is 2.23. The summed E-state index contributed by atoms with van der Waals surface area (Å²) in [5.74, 6) is -0.793. The molecule has 0 aliphatic carbocycles. The Morgan fingerprint density at radius 2 is 2.05 bits per heavy atom. The molecule has 1 saturated heterocycles. The van der Waals surface area contributed by atoms with E-state index in [1.807, 2.05) is 0 Å². The summed E-state index contributed by atoms with van der Waals surface area (Å²) in [5.41, 5.74) is 5.28. The Labute approximate surface area is 117 Å². The lowest BCUT2D eigenvalue weighted by molar-refractivity contribution is 0.517. The molecule has 3 N–H and O–H groups in total. The summed E-state index contributed by atoms with van der Waals surface area (Å²) in [6.45, 7) is 0. The number of halogens is 1. The van der Waals surface area contributed by atoms with Crippen LogP contribution in [0.15, 0.2) is 23.1 Å². The van der Waals surface area contributed by atoms with E-state index in [2.05, 4.69) is 4.72 Å². The second-order valence-electron chi connectivity index (χ2n) is 4.76. The molecule has 1 fully saturated rings. The summed E-state index contributed by atoms with van der Waals surface area (Å²) in [5, 5.41) is 0. The zero-order chi connectivity index (χ0) is 15.0. The summed E-state index contributed by atoms with van der Waals surface area (Å²) in [7, 11) is -7.19. The number of rotatable bonds is 3. The van der Waals surface area contributed by atoms with Crippen molar-refractivity contribution < 1.29 is 21.2 Å². The van der Waals surface area contributed by atoms with Gasteiger partial charge in [-0.1, -0.05) is 0 Å². The third-order valence-corrected chi connectivity index (χ3v) is 6.46. The highest BCUT2D eigenvalue weighted by Crippen LogP contribution is 2.21. The Hall–Kier alpha value is -1.19. The van der Waals surface area contributed by atoms with Gasteiger partial charge in [-0.25, -0.2) is 25.9 Å². The van der Waals surface area contributed by atoms with Gasteiger partial charge in [-0.3, -0.25) is 0 Å². The van der Waals surface area contributed by atoms with Crippen LogP contribution in [0.25, 0.3) is 0 Å². The molecule has 0 saturated carbocycles. The highest BCUT2D eigenvalue weighted by atomic mass is 32.2. The van der Waals surface area contributed by atoms with Gasteiger partial charge in [0.25, 0.3) is 0 Å². The van der Waals surface area contributed by atoms with Gasteiger partial charge in [0.1, 0.15) is 10.7 Å². The van der Waals surface area contributed by atoms with Gasteiger partial charge in [0.15, 0.2) is 9.84 Å². The SMILES string of the molecule is Nc1cc(F)ccc1S(=O)(=O)NC1CCCS(=O)(=O)C1. The largest absolute Gasteiger partial charge is 0.398 e. The van der Waals surface area contributed by atoms with Crippen LogP contribution in [0, 0.1) is 5.82 Å². The lowest BCUT2D eigenvalue weighted by Gasteiger charge is -2.23. The molecule has 1 heterocycles. The maximum Gasteiger partial charge on any atom is 0.242 e. The van der Waals surface area contributed by atoms with Gasteiger partial charge >= 0.3 is 0 Å². The highest BCUT2D eigenvalue weighted by molar-refractivity contribution is 7.91. The monoisotopic (exact) mass is 322 g/mol. The van der Waals surface area contributed by atoms with E-state index < -0.39 is 31.7 Å². The van der Waals surface area contributed by atoms with Crippen molar-refractivity contribution in [1.82, 2.24) is 4.72 Å². The van der Waals surface area contributed by atoms with E-state index in [1.54, 1.807) is 0 Å². The van der Waals surface area contributed by atoms with Crippen molar-refractivity contribution in [3.05, 3.63) is 24.0 Å². The van der Waals surface area contributed by atoms with Crippen LogP contribution < -0.4 is 10.5 Å². The molecule has 0 amide bonds. The van der Waals surface area contributed by atoms with E-state index in [0.29, 0.717) is 12.8 Å². The Morgan fingerprint density at radius 3 is 2.65 bits per heavy atom. The number of nitrogens with one attached hydrogen (secondary N) is 1. The summed E-state index contributed by atoms with van der Waals surface area (Å²) in [6.07, 6.45) is 0.855. The third-order valence-electron chi connectivity index (χ3n) is 3.05. The van der Waals surface area contributed by atoms with Crippen molar-refractivity contribution >= 4 is 25.5 Å². The topological polar surface area (TPSA) is 106 Å². The second kappa shape index (κ2) is 5.30. The predicted molar refractivity (Wildman–Crippen MR) is 72.8 cm³/mol. The molecule has 1 aliphatic rings. The fraction of sp³-hybridized carbons (Fsp3) is 0.455. The van der Waals surface area contributed by atoms with Crippen LogP contribution in [0.2, 0.25) is 0 Å². The fourth-order valence-electron chi connectivity index (χ4n) is 2.16. The van der Waals surface area contributed by atoms with Gasteiger partial charge in [0, 0.05) is 6.04 Å². The third kappa shape index (κ3) is 3.47. The Bertz CT molecular complexity index is 716. The molecule has 1 aromatic carbocycles. The molecule has 0 radical (unpaired) electrons.